The molecule has 22 heavy (non-hydrogen) atoms. The third-order valence-electron chi connectivity index (χ3n) is 2.42. The lowest BCUT2D eigenvalue weighted by molar-refractivity contribution is -0.129. The van der Waals surface area contributed by atoms with Gasteiger partial charge in [0.2, 0.25) is 11.8 Å². The molecule has 0 heterocycles. The highest BCUT2D eigenvalue weighted by molar-refractivity contribution is 5.97. The minimum atomic E-state index is -0.474. The van der Waals surface area contributed by atoms with E-state index in [1.54, 1.807) is 6.08 Å². The molecular formula is C16H21N3O3. The van der Waals surface area contributed by atoms with E-state index in [1.807, 2.05) is 38.1 Å². The molecule has 2 N–H and O–H groups in total. The summed E-state index contributed by atoms with van der Waals surface area (Å²) >= 11 is 0. The van der Waals surface area contributed by atoms with E-state index in [4.69, 9.17) is 4.74 Å². The van der Waals surface area contributed by atoms with E-state index in [0.29, 0.717) is 6.54 Å². The molecule has 0 spiro atoms. The second kappa shape index (κ2) is 9.33. The summed E-state index contributed by atoms with van der Waals surface area (Å²) in [5, 5.41) is 6.31. The first-order valence-corrected chi connectivity index (χ1v) is 6.97. The first-order chi connectivity index (χ1) is 10.5. The number of nitrogens with zero attached hydrogens (tertiary/aromatic N) is 1. The molecular weight excluding hydrogens is 282 g/mol. The Morgan fingerprint density at radius 3 is 2.55 bits per heavy atom. The van der Waals surface area contributed by atoms with Crippen molar-refractivity contribution in [1.82, 2.24) is 10.7 Å². The number of carbonyl (C=O) groups is 2. The van der Waals surface area contributed by atoms with Crippen LogP contribution < -0.4 is 15.5 Å². The summed E-state index contributed by atoms with van der Waals surface area (Å²) in [7, 11) is 0. The third-order valence-corrected chi connectivity index (χ3v) is 2.42. The Hall–Kier alpha value is -2.63. The van der Waals surface area contributed by atoms with E-state index in [-0.39, 0.29) is 18.4 Å². The quantitative estimate of drug-likeness (QED) is 0.331. The molecule has 6 heteroatoms. The minimum Gasteiger partial charge on any atom is -0.491 e. The van der Waals surface area contributed by atoms with Crippen molar-refractivity contribution in [2.24, 2.45) is 5.10 Å². The Kier molecular flexibility index (Phi) is 7.39. The maximum absolute atomic E-state index is 11.5. The number of hydrogen-bond acceptors (Lipinski definition) is 4. The van der Waals surface area contributed by atoms with E-state index >= 15 is 0 Å². The van der Waals surface area contributed by atoms with Crippen LogP contribution in [0.3, 0.4) is 0 Å². The number of rotatable bonds is 8. The molecule has 0 atom stereocenters. The molecule has 0 aliphatic heterocycles. The Balaban J connectivity index is 2.40. The van der Waals surface area contributed by atoms with E-state index < -0.39 is 5.91 Å². The lowest BCUT2D eigenvalue weighted by Crippen LogP contribution is -2.29. The molecule has 6 nitrogen and oxygen atoms in total. The van der Waals surface area contributed by atoms with Crippen LogP contribution in [-0.2, 0) is 9.59 Å². The molecule has 1 rings (SSSR count). The molecule has 0 aromatic heterocycles. The number of hydrogen-bond donors (Lipinski definition) is 2. The number of ether oxygens (including phenoxy) is 1. The highest BCUT2D eigenvalue weighted by Gasteiger charge is 2.06. The zero-order valence-electron chi connectivity index (χ0n) is 12.8. The van der Waals surface area contributed by atoms with Crippen molar-refractivity contribution < 1.29 is 14.3 Å². The Morgan fingerprint density at radius 2 is 1.95 bits per heavy atom. The van der Waals surface area contributed by atoms with Crippen LogP contribution in [-0.4, -0.2) is 30.7 Å². The van der Waals surface area contributed by atoms with Gasteiger partial charge in [-0.3, -0.25) is 9.59 Å². The van der Waals surface area contributed by atoms with Gasteiger partial charge in [0.15, 0.2) is 0 Å². The van der Waals surface area contributed by atoms with Crippen LogP contribution in [0, 0.1) is 0 Å². The van der Waals surface area contributed by atoms with Gasteiger partial charge < -0.3 is 10.1 Å². The average molecular weight is 303 g/mol. The maximum atomic E-state index is 11.5. The molecule has 0 aliphatic rings. The van der Waals surface area contributed by atoms with Gasteiger partial charge >= 0.3 is 0 Å². The lowest BCUT2D eigenvalue weighted by Gasteiger charge is -2.09. The van der Waals surface area contributed by atoms with Crippen molar-refractivity contribution in [3.8, 4) is 5.75 Å². The molecule has 0 aliphatic carbocycles. The standard InChI is InChI=1S/C16H21N3O3/c1-4-9-17-15(20)10-16(21)19-18-11-13-5-7-14(8-6-13)22-12(2)3/h4-8,11-12H,1,9-10H2,2-3H3,(H,17,20)(H,19,21)/b18-11-. The van der Waals surface area contributed by atoms with Crippen molar-refractivity contribution >= 4 is 18.0 Å². The first-order valence-electron chi connectivity index (χ1n) is 6.97. The topological polar surface area (TPSA) is 79.8 Å². The normalized spacial score (nSPS) is 10.5. The predicted octanol–water partition coefficient (Wildman–Crippen LogP) is 1.62. The van der Waals surface area contributed by atoms with Crippen LogP contribution in [0.1, 0.15) is 25.8 Å². The fraction of sp³-hybridized carbons (Fsp3) is 0.312. The van der Waals surface area contributed by atoms with Gasteiger partial charge in [0.05, 0.1) is 12.3 Å². The number of hydrazone groups is 1. The number of amides is 2. The van der Waals surface area contributed by atoms with Gasteiger partial charge in [0.1, 0.15) is 12.2 Å². The molecule has 1 aromatic carbocycles. The van der Waals surface area contributed by atoms with Gasteiger partial charge in [0, 0.05) is 6.54 Å². The summed E-state index contributed by atoms with van der Waals surface area (Å²) in [6.07, 6.45) is 2.89. The van der Waals surface area contributed by atoms with E-state index in [1.165, 1.54) is 6.21 Å². The molecule has 0 radical (unpaired) electrons. The number of carbonyl (C=O) groups excluding carboxylic acids is 2. The highest BCUT2D eigenvalue weighted by Crippen LogP contribution is 2.12. The van der Waals surface area contributed by atoms with Crippen molar-refractivity contribution in [3.05, 3.63) is 42.5 Å². The second-order valence-electron chi connectivity index (χ2n) is 4.80. The summed E-state index contributed by atoms with van der Waals surface area (Å²) in [5.41, 5.74) is 3.11. The van der Waals surface area contributed by atoms with Crippen molar-refractivity contribution in [1.29, 1.82) is 0 Å². The smallest absolute Gasteiger partial charge is 0.249 e. The molecule has 0 fully saturated rings. The monoisotopic (exact) mass is 303 g/mol. The third kappa shape index (κ3) is 7.23. The van der Waals surface area contributed by atoms with Crippen molar-refractivity contribution in [2.45, 2.75) is 26.4 Å². The molecule has 0 saturated carbocycles. The van der Waals surface area contributed by atoms with Gasteiger partial charge in [-0.15, -0.1) is 6.58 Å². The molecule has 2 amide bonds. The fourth-order valence-corrected chi connectivity index (χ4v) is 1.52. The van der Waals surface area contributed by atoms with Crippen LogP contribution in [0.2, 0.25) is 0 Å². The zero-order chi connectivity index (χ0) is 16.4. The van der Waals surface area contributed by atoms with Gasteiger partial charge in [-0.2, -0.15) is 5.10 Å². The summed E-state index contributed by atoms with van der Waals surface area (Å²) in [4.78, 5) is 22.7. The Bertz CT molecular complexity index is 536. The summed E-state index contributed by atoms with van der Waals surface area (Å²) < 4.78 is 5.52. The SMILES string of the molecule is C=CCNC(=O)CC(=O)N/N=C\c1ccc(OC(C)C)cc1. The van der Waals surface area contributed by atoms with Gasteiger partial charge in [-0.1, -0.05) is 6.08 Å². The highest BCUT2D eigenvalue weighted by atomic mass is 16.5. The minimum absolute atomic E-state index is 0.117. The average Bonchev–Trinajstić information content (AvgIpc) is 2.46. The maximum Gasteiger partial charge on any atom is 0.249 e. The largest absolute Gasteiger partial charge is 0.491 e. The summed E-state index contributed by atoms with van der Waals surface area (Å²) in [6, 6.07) is 7.30. The van der Waals surface area contributed by atoms with E-state index in [0.717, 1.165) is 11.3 Å². The Morgan fingerprint density at radius 1 is 1.27 bits per heavy atom. The van der Waals surface area contributed by atoms with Crippen LogP contribution in [0.25, 0.3) is 0 Å². The molecule has 0 bridgehead atoms. The molecule has 0 unspecified atom stereocenters. The van der Waals surface area contributed by atoms with Crippen LogP contribution in [0.5, 0.6) is 5.75 Å². The van der Waals surface area contributed by atoms with E-state index in [9.17, 15) is 9.59 Å². The van der Waals surface area contributed by atoms with Crippen LogP contribution in [0.15, 0.2) is 42.0 Å². The van der Waals surface area contributed by atoms with Crippen LogP contribution >= 0.6 is 0 Å². The van der Waals surface area contributed by atoms with Gasteiger partial charge in [-0.05, 0) is 43.7 Å². The zero-order valence-corrected chi connectivity index (χ0v) is 12.8. The first kappa shape index (κ1) is 17.4. The summed E-state index contributed by atoms with van der Waals surface area (Å²) in [5.74, 6) is -0.0737. The Labute approximate surface area is 130 Å². The predicted molar refractivity (Wildman–Crippen MR) is 85.8 cm³/mol. The van der Waals surface area contributed by atoms with Gasteiger partial charge in [0.25, 0.3) is 0 Å². The molecule has 118 valence electrons. The fourth-order valence-electron chi connectivity index (χ4n) is 1.52. The summed E-state index contributed by atoms with van der Waals surface area (Å²) in [6.45, 7) is 7.71. The van der Waals surface area contributed by atoms with Crippen molar-refractivity contribution in [2.75, 3.05) is 6.54 Å². The van der Waals surface area contributed by atoms with Crippen molar-refractivity contribution in [3.63, 3.8) is 0 Å². The molecule has 1 aromatic rings. The van der Waals surface area contributed by atoms with Crippen LogP contribution in [0.4, 0.5) is 0 Å². The molecule has 0 saturated heterocycles. The van der Waals surface area contributed by atoms with Gasteiger partial charge in [-0.25, -0.2) is 5.43 Å². The second-order valence-corrected chi connectivity index (χ2v) is 4.80. The van der Waals surface area contributed by atoms with E-state index in [2.05, 4.69) is 22.4 Å². The number of nitrogens with one attached hydrogen (secondary N) is 2. The number of benzene rings is 1. The lowest BCUT2D eigenvalue weighted by atomic mass is 10.2.